The molecule has 0 aromatic heterocycles. The SMILES string of the molecule is Cc1c(CN2CCNCC2)cc(N2CCN(C(=O)OC(C)(C)C)CC2)c(C)c1N. The molecule has 0 bridgehead atoms. The molecular formula is C22H37N5O2. The van der Waals surface area contributed by atoms with E-state index in [1.54, 1.807) is 4.90 Å². The summed E-state index contributed by atoms with van der Waals surface area (Å²) < 4.78 is 5.52. The van der Waals surface area contributed by atoms with E-state index in [1.165, 1.54) is 16.8 Å². The number of nitrogens with two attached hydrogens (primary N) is 1. The smallest absolute Gasteiger partial charge is 0.410 e. The van der Waals surface area contributed by atoms with E-state index in [0.29, 0.717) is 13.1 Å². The van der Waals surface area contributed by atoms with Crippen LogP contribution in [0.1, 0.15) is 37.5 Å². The van der Waals surface area contributed by atoms with Gasteiger partial charge in [-0.05, 0) is 57.4 Å². The Labute approximate surface area is 175 Å². The van der Waals surface area contributed by atoms with Crippen LogP contribution in [0.2, 0.25) is 0 Å². The molecule has 0 radical (unpaired) electrons. The summed E-state index contributed by atoms with van der Waals surface area (Å²) in [6, 6.07) is 2.31. The highest BCUT2D eigenvalue weighted by atomic mass is 16.6. The summed E-state index contributed by atoms with van der Waals surface area (Å²) in [5.41, 5.74) is 11.8. The zero-order valence-corrected chi connectivity index (χ0v) is 18.7. The number of nitrogen functional groups attached to an aromatic ring is 1. The number of carbonyl (C=O) groups is 1. The van der Waals surface area contributed by atoms with Crippen molar-refractivity contribution < 1.29 is 9.53 Å². The van der Waals surface area contributed by atoms with Crippen molar-refractivity contribution in [3.8, 4) is 0 Å². The number of nitrogens with one attached hydrogen (secondary N) is 1. The van der Waals surface area contributed by atoms with Crippen LogP contribution >= 0.6 is 0 Å². The molecule has 0 atom stereocenters. The Morgan fingerprint density at radius 1 is 1.07 bits per heavy atom. The van der Waals surface area contributed by atoms with E-state index in [-0.39, 0.29) is 6.09 Å². The first-order valence-corrected chi connectivity index (χ1v) is 10.7. The molecule has 2 saturated heterocycles. The minimum absolute atomic E-state index is 0.225. The molecule has 2 fully saturated rings. The number of nitrogens with zero attached hydrogens (tertiary/aromatic N) is 3. The lowest BCUT2D eigenvalue weighted by Crippen LogP contribution is -2.50. The number of ether oxygens (including phenoxy) is 1. The zero-order chi connectivity index (χ0) is 21.2. The average molecular weight is 404 g/mol. The third kappa shape index (κ3) is 5.34. The highest BCUT2D eigenvalue weighted by Crippen LogP contribution is 2.32. The third-order valence-corrected chi connectivity index (χ3v) is 5.86. The summed E-state index contributed by atoms with van der Waals surface area (Å²) in [6.07, 6.45) is -0.225. The Morgan fingerprint density at radius 2 is 1.69 bits per heavy atom. The lowest BCUT2D eigenvalue weighted by molar-refractivity contribution is 0.0240. The second-order valence-electron chi connectivity index (χ2n) is 9.20. The first-order valence-electron chi connectivity index (χ1n) is 10.7. The number of benzene rings is 1. The molecule has 1 aromatic rings. The van der Waals surface area contributed by atoms with Gasteiger partial charge in [0.25, 0.3) is 0 Å². The van der Waals surface area contributed by atoms with Crippen molar-refractivity contribution in [2.45, 2.75) is 46.8 Å². The van der Waals surface area contributed by atoms with E-state index in [1.807, 2.05) is 20.8 Å². The number of piperazine rings is 2. The number of rotatable bonds is 3. The molecule has 3 N–H and O–H groups in total. The van der Waals surface area contributed by atoms with Crippen molar-refractivity contribution in [3.63, 3.8) is 0 Å². The molecule has 7 heteroatoms. The van der Waals surface area contributed by atoms with Crippen LogP contribution in [0.5, 0.6) is 0 Å². The maximum atomic E-state index is 12.4. The molecule has 2 aliphatic rings. The largest absolute Gasteiger partial charge is 0.444 e. The van der Waals surface area contributed by atoms with Crippen molar-refractivity contribution in [2.24, 2.45) is 0 Å². The quantitative estimate of drug-likeness (QED) is 0.755. The van der Waals surface area contributed by atoms with Crippen molar-refractivity contribution in [2.75, 3.05) is 63.0 Å². The van der Waals surface area contributed by atoms with Crippen LogP contribution in [0.3, 0.4) is 0 Å². The maximum absolute atomic E-state index is 12.4. The van der Waals surface area contributed by atoms with Crippen LogP contribution in [-0.4, -0.2) is 73.9 Å². The van der Waals surface area contributed by atoms with Crippen LogP contribution in [0.15, 0.2) is 6.07 Å². The Bertz CT molecular complexity index is 730. The first-order chi connectivity index (χ1) is 13.7. The van der Waals surface area contributed by atoms with E-state index < -0.39 is 5.60 Å². The molecule has 29 heavy (non-hydrogen) atoms. The second kappa shape index (κ2) is 8.79. The number of hydrogen-bond acceptors (Lipinski definition) is 6. The fraction of sp³-hybridized carbons (Fsp3) is 0.682. The summed E-state index contributed by atoms with van der Waals surface area (Å²) in [7, 11) is 0. The van der Waals surface area contributed by atoms with Gasteiger partial charge in [-0.25, -0.2) is 4.79 Å². The van der Waals surface area contributed by atoms with Gasteiger partial charge in [0.2, 0.25) is 0 Å². The van der Waals surface area contributed by atoms with Gasteiger partial charge >= 0.3 is 6.09 Å². The van der Waals surface area contributed by atoms with E-state index in [2.05, 4.69) is 35.0 Å². The van der Waals surface area contributed by atoms with Gasteiger partial charge in [0, 0.05) is 70.3 Å². The molecule has 1 aromatic carbocycles. The lowest BCUT2D eigenvalue weighted by atomic mass is 9.99. The number of anilines is 2. The van der Waals surface area contributed by atoms with Gasteiger partial charge in [0.05, 0.1) is 0 Å². The highest BCUT2D eigenvalue weighted by Gasteiger charge is 2.27. The zero-order valence-electron chi connectivity index (χ0n) is 18.7. The summed E-state index contributed by atoms with van der Waals surface area (Å²) >= 11 is 0. The van der Waals surface area contributed by atoms with Crippen molar-refractivity contribution in [1.82, 2.24) is 15.1 Å². The number of amides is 1. The fourth-order valence-corrected chi connectivity index (χ4v) is 4.03. The van der Waals surface area contributed by atoms with E-state index in [0.717, 1.165) is 57.1 Å². The molecular weight excluding hydrogens is 366 g/mol. The Hall–Kier alpha value is -1.99. The van der Waals surface area contributed by atoms with Gasteiger partial charge in [-0.3, -0.25) is 4.90 Å². The predicted octanol–water partition coefficient (Wildman–Crippen LogP) is 2.35. The first kappa shape index (κ1) is 21.7. The van der Waals surface area contributed by atoms with Gasteiger partial charge < -0.3 is 25.6 Å². The van der Waals surface area contributed by atoms with Gasteiger partial charge in [0.1, 0.15) is 5.60 Å². The summed E-state index contributed by atoms with van der Waals surface area (Å²) in [4.78, 5) is 19.0. The Kier molecular flexibility index (Phi) is 6.58. The maximum Gasteiger partial charge on any atom is 0.410 e. The number of hydrogen-bond donors (Lipinski definition) is 2. The van der Waals surface area contributed by atoms with Crippen LogP contribution in [-0.2, 0) is 11.3 Å². The van der Waals surface area contributed by atoms with Crippen molar-refractivity contribution >= 4 is 17.5 Å². The van der Waals surface area contributed by atoms with Crippen molar-refractivity contribution in [1.29, 1.82) is 0 Å². The van der Waals surface area contributed by atoms with Crippen LogP contribution < -0.4 is 16.0 Å². The Morgan fingerprint density at radius 3 is 2.28 bits per heavy atom. The van der Waals surface area contributed by atoms with Gasteiger partial charge in [-0.1, -0.05) is 0 Å². The Balaban J connectivity index is 1.71. The van der Waals surface area contributed by atoms with Gasteiger partial charge in [-0.15, -0.1) is 0 Å². The molecule has 2 aliphatic heterocycles. The molecule has 7 nitrogen and oxygen atoms in total. The van der Waals surface area contributed by atoms with Gasteiger partial charge in [-0.2, -0.15) is 0 Å². The summed E-state index contributed by atoms with van der Waals surface area (Å²) in [5.74, 6) is 0. The van der Waals surface area contributed by atoms with Crippen molar-refractivity contribution in [3.05, 3.63) is 22.8 Å². The molecule has 0 aliphatic carbocycles. The molecule has 0 spiro atoms. The third-order valence-electron chi connectivity index (χ3n) is 5.86. The van der Waals surface area contributed by atoms with Crippen LogP contribution in [0.4, 0.5) is 16.2 Å². The lowest BCUT2D eigenvalue weighted by Gasteiger charge is -2.38. The minimum atomic E-state index is -0.463. The summed E-state index contributed by atoms with van der Waals surface area (Å²) in [6.45, 7) is 18.0. The monoisotopic (exact) mass is 403 g/mol. The van der Waals surface area contributed by atoms with Gasteiger partial charge in [0.15, 0.2) is 0 Å². The standard InChI is InChI=1S/C22H37N5O2/c1-16-18(15-25-8-6-24-7-9-25)14-19(17(2)20(16)23)26-10-12-27(13-11-26)21(28)29-22(3,4)5/h14,24H,6-13,15,23H2,1-5H3. The fourth-order valence-electron chi connectivity index (χ4n) is 4.03. The normalized spacial score (nSPS) is 18.8. The molecule has 2 heterocycles. The molecule has 162 valence electrons. The average Bonchev–Trinajstić information content (AvgIpc) is 2.68. The molecule has 1 amide bonds. The van der Waals surface area contributed by atoms with Crippen LogP contribution in [0, 0.1) is 13.8 Å². The molecule has 3 rings (SSSR count). The summed E-state index contributed by atoms with van der Waals surface area (Å²) in [5, 5.41) is 3.41. The van der Waals surface area contributed by atoms with E-state index in [4.69, 9.17) is 10.5 Å². The topological polar surface area (TPSA) is 74.1 Å². The minimum Gasteiger partial charge on any atom is -0.444 e. The van der Waals surface area contributed by atoms with Crippen LogP contribution in [0.25, 0.3) is 0 Å². The predicted molar refractivity (Wildman–Crippen MR) is 118 cm³/mol. The highest BCUT2D eigenvalue weighted by molar-refractivity contribution is 5.71. The van der Waals surface area contributed by atoms with E-state index >= 15 is 0 Å². The number of carbonyl (C=O) groups excluding carboxylic acids is 1. The second-order valence-corrected chi connectivity index (χ2v) is 9.20. The van der Waals surface area contributed by atoms with E-state index in [9.17, 15) is 4.79 Å². The molecule has 0 unspecified atom stereocenters. The molecule has 0 saturated carbocycles.